The minimum absolute atomic E-state index is 0.0798. The summed E-state index contributed by atoms with van der Waals surface area (Å²) in [6.45, 7) is 5.69. The van der Waals surface area contributed by atoms with Gasteiger partial charge >= 0.3 is 5.97 Å². The van der Waals surface area contributed by atoms with E-state index in [-0.39, 0.29) is 12.4 Å². The van der Waals surface area contributed by atoms with E-state index in [1.165, 1.54) is 12.7 Å². The van der Waals surface area contributed by atoms with E-state index in [1.54, 1.807) is 0 Å². The van der Waals surface area contributed by atoms with Crippen LogP contribution in [0.2, 0.25) is 0 Å². The predicted octanol–water partition coefficient (Wildman–Crippen LogP) is 2.60. The molecule has 3 nitrogen and oxygen atoms in total. The van der Waals surface area contributed by atoms with Crippen LogP contribution in [0.15, 0.2) is 24.3 Å². The Hall–Kier alpha value is -1.09. The van der Waals surface area contributed by atoms with Gasteiger partial charge in [0.05, 0.1) is 19.6 Å². The van der Waals surface area contributed by atoms with Crippen LogP contribution < -0.4 is 0 Å². The zero-order valence-corrected chi connectivity index (χ0v) is 10.2. The summed E-state index contributed by atoms with van der Waals surface area (Å²) < 4.78 is 4.48. The molecule has 0 aliphatic rings. The second-order valence-electron chi connectivity index (χ2n) is 3.89. The summed E-state index contributed by atoms with van der Waals surface area (Å²) in [7, 11) is 1.33. The summed E-state index contributed by atoms with van der Waals surface area (Å²) in [6.07, 6.45) is 6.89. The molecule has 0 aromatic heterocycles. The highest BCUT2D eigenvalue weighted by Crippen LogP contribution is 2.11. The first-order valence-electron chi connectivity index (χ1n) is 5.61. The van der Waals surface area contributed by atoms with E-state index in [9.17, 15) is 9.90 Å². The molecule has 0 saturated heterocycles. The molecule has 0 aromatic rings. The van der Waals surface area contributed by atoms with E-state index in [4.69, 9.17) is 0 Å². The van der Waals surface area contributed by atoms with Crippen molar-refractivity contribution in [1.29, 1.82) is 0 Å². The van der Waals surface area contributed by atoms with E-state index < -0.39 is 6.10 Å². The maximum absolute atomic E-state index is 10.9. The number of esters is 1. The fraction of sp³-hybridized carbons (Fsp3) is 0.615. The normalized spacial score (nSPS) is 13.3. The van der Waals surface area contributed by atoms with Crippen molar-refractivity contribution in [3.05, 3.63) is 24.3 Å². The molecule has 92 valence electrons. The number of ether oxygens (including phenoxy) is 1. The van der Waals surface area contributed by atoms with Crippen LogP contribution in [0.5, 0.6) is 0 Å². The van der Waals surface area contributed by atoms with Gasteiger partial charge in [-0.05, 0) is 32.6 Å². The van der Waals surface area contributed by atoms with E-state index in [2.05, 4.69) is 17.4 Å². The number of unbranched alkanes of at least 4 members (excludes halogenated alkanes) is 1. The van der Waals surface area contributed by atoms with Crippen LogP contribution in [0.4, 0.5) is 0 Å². The number of allylic oxidation sites excluding steroid dienone is 3. The Kier molecular flexibility index (Phi) is 8.53. The van der Waals surface area contributed by atoms with Gasteiger partial charge in [-0.2, -0.15) is 0 Å². The van der Waals surface area contributed by atoms with Gasteiger partial charge in [-0.3, -0.25) is 4.79 Å². The van der Waals surface area contributed by atoms with Gasteiger partial charge in [0.15, 0.2) is 0 Å². The number of methoxy groups -OCH3 is 1. The van der Waals surface area contributed by atoms with E-state index >= 15 is 0 Å². The topological polar surface area (TPSA) is 46.5 Å². The van der Waals surface area contributed by atoms with Gasteiger partial charge in [-0.25, -0.2) is 0 Å². The molecule has 0 bridgehead atoms. The summed E-state index contributed by atoms with van der Waals surface area (Å²) in [5.41, 5.74) is 1.24. The molecule has 3 heteroatoms. The summed E-state index contributed by atoms with van der Waals surface area (Å²) in [5.74, 6) is -0.360. The number of carbonyl (C=O) groups excluding carboxylic acids is 1. The Labute approximate surface area is 97.8 Å². The highest BCUT2D eigenvalue weighted by atomic mass is 16.5. The highest BCUT2D eigenvalue weighted by molar-refractivity contribution is 5.69. The zero-order valence-electron chi connectivity index (χ0n) is 10.2. The lowest BCUT2D eigenvalue weighted by atomic mass is 10.1. The molecular formula is C13H22O3. The van der Waals surface area contributed by atoms with Gasteiger partial charge in [-0.15, -0.1) is 6.58 Å². The third kappa shape index (κ3) is 8.24. The van der Waals surface area contributed by atoms with Gasteiger partial charge in [0.25, 0.3) is 0 Å². The van der Waals surface area contributed by atoms with Gasteiger partial charge in [0.2, 0.25) is 0 Å². The standard InChI is InChI=1S/C13H22O3/c1-4-5-6-7-11(2)8-9-12(14)10-13(15)16-3/h4,7,12,14H,1,5-6,8-10H2,2-3H3/b11-7+. The van der Waals surface area contributed by atoms with Crippen LogP contribution in [0.1, 0.15) is 39.0 Å². The molecule has 0 rings (SSSR count). The van der Waals surface area contributed by atoms with Crippen molar-refractivity contribution < 1.29 is 14.6 Å². The van der Waals surface area contributed by atoms with Crippen LogP contribution in [-0.2, 0) is 9.53 Å². The summed E-state index contributed by atoms with van der Waals surface area (Å²) in [4.78, 5) is 10.9. The Balaban J connectivity index is 3.73. The van der Waals surface area contributed by atoms with Gasteiger partial charge in [-0.1, -0.05) is 17.7 Å². The lowest BCUT2D eigenvalue weighted by molar-refractivity contribution is -0.142. The molecular weight excluding hydrogens is 204 g/mol. The van der Waals surface area contributed by atoms with Crippen molar-refractivity contribution in [3.63, 3.8) is 0 Å². The fourth-order valence-electron chi connectivity index (χ4n) is 1.32. The van der Waals surface area contributed by atoms with Crippen molar-refractivity contribution in [3.8, 4) is 0 Å². The van der Waals surface area contributed by atoms with Gasteiger partial charge in [0, 0.05) is 0 Å². The lowest BCUT2D eigenvalue weighted by Gasteiger charge is -2.09. The molecule has 0 spiro atoms. The molecule has 1 N–H and O–H groups in total. The van der Waals surface area contributed by atoms with Crippen LogP contribution in [0.25, 0.3) is 0 Å². The quantitative estimate of drug-likeness (QED) is 0.393. The molecule has 0 aliphatic heterocycles. The SMILES string of the molecule is C=CCC/C=C(\C)CCC(O)CC(=O)OC. The Morgan fingerprint density at radius 2 is 2.19 bits per heavy atom. The number of carbonyl (C=O) groups is 1. The number of hydrogen-bond acceptors (Lipinski definition) is 3. The number of aliphatic hydroxyl groups excluding tert-OH is 1. The first-order chi connectivity index (χ1) is 7.60. The number of hydrogen-bond donors (Lipinski definition) is 1. The van der Waals surface area contributed by atoms with E-state index in [0.29, 0.717) is 6.42 Å². The minimum atomic E-state index is -0.602. The molecule has 1 unspecified atom stereocenters. The molecule has 0 fully saturated rings. The molecule has 16 heavy (non-hydrogen) atoms. The Bertz CT molecular complexity index is 244. The first kappa shape index (κ1) is 14.9. The number of aliphatic hydroxyl groups is 1. The van der Waals surface area contributed by atoms with Crippen LogP contribution >= 0.6 is 0 Å². The van der Waals surface area contributed by atoms with Crippen molar-refractivity contribution in [2.75, 3.05) is 7.11 Å². The highest BCUT2D eigenvalue weighted by Gasteiger charge is 2.10. The molecule has 0 aliphatic carbocycles. The number of rotatable bonds is 8. The first-order valence-corrected chi connectivity index (χ1v) is 5.61. The third-order valence-electron chi connectivity index (χ3n) is 2.37. The predicted molar refractivity (Wildman–Crippen MR) is 65.1 cm³/mol. The van der Waals surface area contributed by atoms with E-state index in [1.807, 2.05) is 13.0 Å². The lowest BCUT2D eigenvalue weighted by Crippen LogP contribution is -2.14. The molecule has 0 aromatic carbocycles. The average molecular weight is 226 g/mol. The van der Waals surface area contributed by atoms with Crippen molar-refractivity contribution in [1.82, 2.24) is 0 Å². The summed E-state index contributed by atoms with van der Waals surface area (Å²) >= 11 is 0. The van der Waals surface area contributed by atoms with E-state index in [0.717, 1.165) is 19.3 Å². The van der Waals surface area contributed by atoms with Crippen LogP contribution in [0.3, 0.4) is 0 Å². The second-order valence-corrected chi connectivity index (χ2v) is 3.89. The average Bonchev–Trinajstić information content (AvgIpc) is 2.26. The van der Waals surface area contributed by atoms with Gasteiger partial charge < -0.3 is 9.84 Å². The Morgan fingerprint density at radius 3 is 2.75 bits per heavy atom. The maximum Gasteiger partial charge on any atom is 0.308 e. The van der Waals surface area contributed by atoms with Crippen molar-refractivity contribution >= 4 is 5.97 Å². The van der Waals surface area contributed by atoms with Crippen molar-refractivity contribution in [2.45, 2.75) is 45.1 Å². The second kappa shape index (κ2) is 9.16. The summed E-state index contributed by atoms with van der Waals surface area (Å²) in [5, 5.41) is 9.53. The molecule has 0 saturated carbocycles. The Morgan fingerprint density at radius 1 is 1.50 bits per heavy atom. The van der Waals surface area contributed by atoms with Gasteiger partial charge in [0.1, 0.15) is 0 Å². The molecule has 1 atom stereocenters. The summed E-state index contributed by atoms with van der Waals surface area (Å²) in [6, 6.07) is 0. The monoisotopic (exact) mass is 226 g/mol. The smallest absolute Gasteiger partial charge is 0.308 e. The third-order valence-corrected chi connectivity index (χ3v) is 2.37. The fourth-order valence-corrected chi connectivity index (χ4v) is 1.32. The zero-order chi connectivity index (χ0) is 12.4. The maximum atomic E-state index is 10.9. The van der Waals surface area contributed by atoms with Crippen LogP contribution in [-0.4, -0.2) is 24.3 Å². The molecule has 0 amide bonds. The molecule has 0 heterocycles. The van der Waals surface area contributed by atoms with Crippen LogP contribution in [0, 0.1) is 0 Å². The molecule has 0 radical (unpaired) electrons. The van der Waals surface area contributed by atoms with Crippen molar-refractivity contribution in [2.24, 2.45) is 0 Å². The largest absolute Gasteiger partial charge is 0.469 e. The minimum Gasteiger partial charge on any atom is -0.469 e.